The molecule has 2 N–H and O–H groups in total. The van der Waals surface area contributed by atoms with E-state index in [0.717, 1.165) is 0 Å². The van der Waals surface area contributed by atoms with Gasteiger partial charge in [-0.25, -0.2) is 12.8 Å². The van der Waals surface area contributed by atoms with Crippen LogP contribution in [0.4, 0.5) is 10.1 Å². The first-order valence-corrected chi connectivity index (χ1v) is 8.30. The Balaban J connectivity index is 2.02. The van der Waals surface area contributed by atoms with Gasteiger partial charge in [-0.05, 0) is 37.1 Å². The first kappa shape index (κ1) is 13.4. The molecular weight excluding hydrogens is 281 g/mol. The predicted molar refractivity (Wildman–Crippen MR) is 76.0 cm³/mol. The molecule has 5 nitrogen and oxygen atoms in total. The van der Waals surface area contributed by atoms with E-state index in [4.69, 9.17) is 5.73 Å². The summed E-state index contributed by atoms with van der Waals surface area (Å²) in [5.74, 6) is 0.218. The Morgan fingerprint density at radius 2 is 2.00 bits per heavy atom. The van der Waals surface area contributed by atoms with E-state index in [2.05, 4.69) is 4.99 Å². The Kier molecular flexibility index (Phi) is 2.97. The number of hydrogen-bond acceptors (Lipinski definition) is 5. The monoisotopic (exact) mass is 297 g/mol. The van der Waals surface area contributed by atoms with Crippen molar-refractivity contribution in [1.29, 1.82) is 0 Å². The Morgan fingerprint density at radius 3 is 2.65 bits per heavy atom. The minimum atomic E-state index is -3.09. The van der Waals surface area contributed by atoms with E-state index in [1.807, 2.05) is 0 Å². The zero-order valence-corrected chi connectivity index (χ0v) is 11.7. The summed E-state index contributed by atoms with van der Waals surface area (Å²) < 4.78 is 37.0. The minimum Gasteiger partial charge on any atom is -0.369 e. The molecule has 0 amide bonds. The van der Waals surface area contributed by atoms with E-state index >= 15 is 0 Å². The number of hydrogen-bond donors (Lipinski definition) is 1. The van der Waals surface area contributed by atoms with Gasteiger partial charge in [0.15, 0.2) is 15.8 Å². The number of anilines is 1. The van der Waals surface area contributed by atoms with Gasteiger partial charge in [-0.1, -0.05) is 0 Å². The maximum absolute atomic E-state index is 13.1. The molecule has 0 bridgehead atoms. The number of rotatable bonds is 1. The third-order valence-corrected chi connectivity index (χ3v) is 5.80. The highest BCUT2D eigenvalue weighted by atomic mass is 32.2. The standard InChI is InChI=1S/C13H16FN3O2S/c14-10-2-4-11(5-3-10)17-12(15)16-8-13(17)6-1-7-20(18,19)9-13/h2-5H,1,6-9H2,(H2,15,16). The van der Waals surface area contributed by atoms with Crippen LogP contribution in [0.25, 0.3) is 0 Å². The largest absolute Gasteiger partial charge is 0.369 e. The molecule has 0 aliphatic carbocycles. The quantitative estimate of drug-likeness (QED) is 0.836. The first-order valence-electron chi connectivity index (χ1n) is 6.48. The second-order valence-corrected chi connectivity index (χ2v) is 7.59. The number of nitrogens with zero attached hydrogens (tertiary/aromatic N) is 2. The number of aliphatic imine (C=N–C) groups is 1. The van der Waals surface area contributed by atoms with Crippen molar-refractivity contribution in [2.75, 3.05) is 23.0 Å². The molecule has 7 heteroatoms. The molecule has 0 aromatic heterocycles. The number of sulfone groups is 1. The molecule has 1 aromatic carbocycles. The van der Waals surface area contributed by atoms with Crippen LogP contribution in [0, 0.1) is 5.82 Å². The first-order chi connectivity index (χ1) is 9.42. The molecule has 1 aromatic rings. The average molecular weight is 297 g/mol. The predicted octanol–water partition coefficient (Wildman–Crippen LogP) is 0.908. The third kappa shape index (κ3) is 2.15. The summed E-state index contributed by atoms with van der Waals surface area (Å²) in [5, 5.41) is 0. The van der Waals surface area contributed by atoms with Crippen LogP contribution in [0.3, 0.4) is 0 Å². The molecule has 1 saturated heterocycles. The van der Waals surface area contributed by atoms with Crippen molar-refractivity contribution in [2.45, 2.75) is 18.4 Å². The number of nitrogens with two attached hydrogens (primary N) is 1. The van der Waals surface area contributed by atoms with Crippen LogP contribution < -0.4 is 10.6 Å². The number of benzene rings is 1. The molecule has 2 aliphatic rings. The lowest BCUT2D eigenvalue weighted by molar-refractivity contribution is 0.434. The van der Waals surface area contributed by atoms with Crippen molar-refractivity contribution in [1.82, 2.24) is 0 Å². The summed E-state index contributed by atoms with van der Waals surface area (Å²) in [4.78, 5) is 5.97. The fraction of sp³-hybridized carbons (Fsp3) is 0.462. The lowest BCUT2D eigenvalue weighted by Crippen LogP contribution is -2.58. The van der Waals surface area contributed by atoms with Crippen molar-refractivity contribution < 1.29 is 12.8 Å². The second kappa shape index (κ2) is 4.44. The van der Waals surface area contributed by atoms with Crippen LogP contribution >= 0.6 is 0 Å². The summed E-state index contributed by atoms with van der Waals surface area (Å²) in [6.07, 6.45) is 1.32. The van der Waals surface area contributed by atoms with Gasteiger partial charge in [0.1, 0.15) is 5.82 Å². The average Bonchev–Trinajstić information content (AvgIpc) is 2.66. The van der Waals surface area contributed by atoms with Gasteiger partial charge in [0.2, 0.25) is 0 Å². The molecule has 0 saturated carbocycles. The van der Waals surface area contributed by atoms with Crippen LogP contribution in [0.1, 0.15) is 12.8 Å². The molecule has 3 rings (SSSR count). The van der Waals surface area contributed by atoms with Crippen molar-refractivity contribution in [3.63, 3.8) is 0 Å². The van der Waals surface area contributed by atoms with E-state index in [1.54, 1.807) is 17.0 Å². The summed E-state index contributed by atoms with van der Waals surface area (Å²) in [6, 6.07) is 5.88. The van der Waals surface area contributed by atoms with Gasteiger partial charge in [-0.3, -0.25) is 4.99 Å². The molecule has 1 fully saturated rings. The zero-order valence-electron chi connectivity index (χ0n) is 10.9. The van der Waals surface area contributed by atoms with Gasteiger partial charge in [0.25, 0.3) is 0 Å². The van der Waals surface area contributed by atoms with Gasteiger partial charge in [-0.15, -0.1) is 0 Å². The smallest absolute Gasteiger partial charge is 0.196 e. The van der Waals surface area contributed by atoms with Crippen LogP contribution in [-0.2, 0) is 9.84 Å². The summed E-state index contributed by atoms with van der Waals surface area (Å²) in [6.45, 7) is 0.370. The molecule has 20 heavy (non-hydrogen) atoms. The van der Waals surface area contributed by atoms with E-state index in [-0.39, 0.29) is 17.3 Å². The van der Waals surface area contributed by atoms with E-state index in [9.17, 15) is 12.8 Å². The topological polar surface area (TPSA) is 75.8 Å². The molecule has 1 spiro atoms. The molecule has 1 unspecified atom stereocenters. The summed E-state index contributed by atoms with van der Waals surface area (Å²) >= 11 is 0. The van der Waals surface area contributed by atoms with Crippen molar-refractivity contribution in [3.05, 3.63) is 30.1 Å². The fourth-order valence-corrected chi connectivity index (χ4v) is 5.00. The van der Waals surface area contributed by atoms with Gasteiger partial charge in [0, 0.05) is 5.69 Å². The van der Waals surface area contributed by atoms with Crippen molar-refractivity contribution in [2.24, 2.45) is 10.7 Å². The van der Waals surface area contributed by atoms with Crippen molar-refractivity contribution >= 4 is 21.5 Å². The number of guanidine groups is 1. The van der Waals surface area contributed by atoms with E-state index < -0.39 is 15.4 Å². The van der Waals surface area contributed by atoms with E-state index in [0.29, 0.717) is 31.0 Å². The Bertz CT molecular complexity index is 657. The highest BCUT2D eigenvalue weighted by Gasteiger charge is 2.48. The van der Waals surface area contributed by atoms with Gasteiger partial charge >= 0.3 is 0 Å². The maximum atomic E-state index is 13.1. The molecule has 2 heterocycles. The normalized spacial score (nSPS) is 28.6. The Hall–Kier alpha value is -1.63. The lowest BCUT2D eigenvalue weighted by atomic mass is 9.93. The highest BCUT2D eigenvalue weighted by Crippen LogP contribution is 2.36. The number of halogens is 1. The summed E-state index contributed by atoms with van der Waals surface area (Å²) in [5.41, 5.74) is 6.00. The minimum absolute atomic E-state index is 0.0432. The fourth-order valence-electron chi connectivity index (χ4n) is 3.08. The van der Waals surface area contributed by atoms with Gasteiger partial charge < -0.3 is 10.6 Å². The van der Waals surface area contributed by atoms with Crippen LogP contribution in [0.5, 0.6) is 0 Å². The molecule has 2 aliphatic heterocycles. The maximum Gasteiger partial charge on any atom is 0.196 e. The Morgan fingerprint density at radius 1 is 1.30 bits per heavy atom. The van der Waals surface area contributed by atoms with Gasteiger partial charge in [0.05, 0.1) is 23.6 Å². The van der Waals surface area contributed by atoms with Gasteiger partial charge in [-0.2, -0.15) is 0 Å². The summed E-state index contributed by atoms with van der Waals surface area (Å²) in [7, 11) is -3.09. The van der Waals surface area contributed by atoms with Crippen molar-refractivity contribution in [3.8, 4) is 0 Å². The second-order valence-electron chi connectivity index (χ2n) is 5.41. The van der Waals surface area contributed by atoms with Crippen LogP contribution in [0.15, 0.2) is 29.3 Å². The third-order valence-electron chi connectivity index (χ3n) is 3.91. The Labute approximate surface area is 117 Å². The van der Waals surface area contributed by atoms with E-state index in [1.165, 1.54) is 12.1 Å². The molecule has 1 atom stereocenters. The molecular formula is C13H16FN3O2S. The molecule has 108 valence electrons. The van der Waals surface area contributed by atoms with Crippen LogP contribution in [-0.4, -0.2) is 38.0 Å². The molecule has 0 radical (unpaired) electrons. The highest BCUT2D eigenvalue weighted by molar-refractivity contribution is 7.91. The SMILES string of the molecule is NC1=NCC2(CCCS(=O)(=O)C2)N1c1ccc(F)cc1. The zero-order chi connectivity index (χ0) is 14.4. The van der Waals surface area contributed by atoms with Crippen LogP contribution in [0.2, 0.25) is 0 Å². The lowest BCUT2D eigenvalue weighted by Gasteiger charge is -2.41.